The number of anilines is 1. The number of para-hydroxylation sites is 1. The van der Waals surface area contributed by atoms with Gasteiger partial charge in [0.05, 0.1) is 0 Å². The average molecular weight is 363 g/mol. The Balaban J connectivity index is 1.37. The van der Waals surface area contributed by atoms with Gasteiger partial charge in [-0.05, 0) is 49.8 Å². The van der Waals surface area contributed by atoms with Crippen LogP contribution in [0.3, 0.4) is 0 Å². The lowest BCUT2D eigenvalue weighted by Crippen LogP contribution is -2.50. The van der Waals surface area contributed by atoms with Gasteiger partial charge in [0.25, 0.3) is 0 Å². The lowest BCUT2D eigenvalue weighted by molar-refractivity contribution is -0.125. The van der Waals surface area contributed by atoms with Crippen molar-refractivity contribution in [2.75, 3.05) is 24.5 Å². The molecule has 1 amide bonds. The SMILES string of the molecule is O=C(C1CCC1)N(c1ccccc1)C1CCN(CCc2ccccc2)CC1. The van der Waals surface area contributed by atoms with Crippen molar-refractivity contribution < 1.29 is 4.79 Å². The van der Waals surface area contributed by atoms with Crippen molar-refractivity contribution >= 4 is 11.6 Å². The van der Waals surface area contributed by atoms with Crippen molar-refractivity contribution in [3.05, 3.63) is 66.2 Å². The molecule has 2 fully saturated rings. The fourth-order valence-electron chi connectivity index (χ4n) is 4.29. The van der Waals surface area contributed by atoms with Gasteiger partial charge in [0.15, 0.2) is 0 Å². The number of carbonyl (C=O) groups is 1. The maximum atomic E-state index is 13.1. The Morgan fingerprint density at radius 1 is 0.889 bits per heavy atom. The summed E-state index contributed by atoms with van der Waals surface area (Å²) in [4.78, 5) is 17.8. The summed E-state index contributed by atoms with van der Waals surface area (Å²) < 4.78 is 0. The summed E-state index contributed by atoms with van der Waals surface area (Å²) in [7, 11) is 0. The normalized spacial score (nSPS) is 18.8. The van der Waals surface area contributed by atoms with E-state index in [2.05, 4.69) is 52.3 Å². The highest BCUT2D eigenvalue weighted by molar-refractivity contribution is 5.96. The zero-order valence-corrected chi connectivity index (χ0v) is 16.1. The maximum absolute atomic E-state index is 13.1. The highest BCUT2D eigenvalue weighted by Crippen LogP contribution is 2.33. The molecule has 0 bridgehead atoms. The van der Waals surface area contributed by atoms with Gasteiger partial charge in [0.2, 0.25) is 5.91 Å². The number of carbonyl (C=O) groups excluding carboxylic acids is 1. The van der Waals surface area contributed by atoms with Crippen molar-refractivity contribution in [2.45, 2.75) is 44.6 Å². The molecule has 0 radical (unpaired) electrons. The molecular weight excluding hydrogens is 332 g/mol. The largest absolute Gasteiger partial charge is 0.309 e. The van der Waals surface area contributed by atoms with E-state index in [4.69, 9.17) is 0 Å². The van der Waals surface area contributed by atoms with Gasteiger partial charge in [-0.2, -0.15) is 0 Å². The van der Waals surface area contributed by atoms with Crippen LogP contribution in [0.4, 0.5) is 5.69 Å². The minimum atomic E-state index is 0.251. The van der Waals surface area contributed by atoms with Gasteiger partial charge in [0.1, 0.15) is 0 Å². The molecule has 1 heterocycles. The van der Waals surface area contributed by atoms with Crippen LogP contribution in [0.5, 0.6) is 0 Å². The van der Waals surface area contributed by atoms with Gasteiger partial charge in [-0.1, -0.05) is 55.0 Å². The molecule has 4 rings (SSSR count). The van der Waals surface area contributed by atoms with Crippen LogP contribution in [0.1, 0.15) is 37.7 Å². The molecule has 2 aromatic carbocycles. The third-order valence-electron chi connectivity index (χ3n) is 6.21. The number of likely N-dealkylation sites (tertiary alicyclic amines) is 1. The van der Waals surface area contributed by atoms with Crippen LogP contribution in [0.15, 0.2) is 60.7 Å². The second kappa shape index (κ2) is 8.71. The Labute approximate surface area is 163 Å². The van der Waals surface area contributed by atoms with E-state index in [9.17, 15) is 4.79 Å². The molecule has 1 aliphatic carbocycles. The van der Waals surface area contributed by atoms with Crippen molar-refractivity contribution in [1.29, 1.82) is 0 Å². The van der Waals surface area contributed by atoms with Gasteiger partial charge in [-0.25, -0.2) is 0 Å². The van der Waals surface area contributed by atoms with Crippen LogP contribution >= 0.6 is 0 Å². The summed E-state index contributed by atoms with van der Waals surface area (Å²) in [6.45, 7) is 3.27. The predicted octanol–water partition coefficient (Wildman–Crippen LogP) is 4.53. The van der Waals surface area contributed by atoms with Crippen LogP contribution in [0.2, 0.25) is 0 Å². The molecule has 0 atom stereocenters. The van der Waals surface area contributed by atoms with Crippen molar-refractivity contribution in [3.8, 4) is 0 Å². The highest BCUT2D eigenvalue weighted by Gasteiger charge is 2.35. The zero-order chi connectivity index (χ0) is 18.5. The first-order valence-electron chi connectivity index (χ1n) is 10.5. The Morgan fingerprint density at radius 2 is 1.52 bits per heavy atom. The summed E-state index contributed by atoms with van der Waals surface area (Å²) in [6, 6.07) is 21.4. The lowest BCUT2D eigenvalue weighted by Gasteiger charge is -2.41. The first-order valence-corrected chi connectivity index (χ1v) is 10.5. The number of rotatable bonds is 6. The number of amides is 1. The first kappa shape index (κ1) is 18.2. The Kier molecular flexibility index (Phi) is 5.88. The molecule has 3 heteroatoms. The summed E-state index contributed by atoms with van der Waals surface area (Å²) in [5.74, 6) is 0.608. The number of hydrogen-bond donors (Lipinski definition) is 0. The van der Waals surface area contributed by atoms with Crippen LogP contribution in [-0.4, -0.2) is 36.5 Å². The summed E-state index contributed by atoms with van der Waals surface area (Å²) >= 11 is 0. The molecular formula is C24H30N2O. The number of piperidine rings is 1. The molecule has 2 aromatic rings. The molecule has 2 aliphatic rings. The lowest BCUT2D eigenvalue weighted by atomic mass is 9.83. The molecule has 1 saturated heterocycles. The van der Waals surface area contributed by atoms with E-state index in [0.717, 1.165) is 57.4 Å². The van der Waals surface area contributed by atoms with E-state index in [0.29, 0.717) is 11.9 Å². The summed E-state index contributed by atoms with van der Waals surface area (Å²) in [5.41, 5.74) is 2.49. The number of hydrogen-bond acceptors (Lipinski definition) is 2. The molecule has 27 heavy (non-hydrogen) atoms. The van der Waals surface area contributed by atoms with E-state index in [1.807, 2.05) is 18.2 Å². The topological polar surface area (TPSA) is 23.6 Å². The fraction of sp³-hybridized carbons (Fsp3) is 0.458. The third-order valence-corrected chi connectivity index (χ3v) is 6.21. The maximum Gasteiger partial charge on any atom is 0.230 e. The molecule has 0 aromatic heterocycles. The van der Waals surface area contributed by atoms with E-state index in [-0.39, 0.29) is 5.92 Å². The second-order valence-electron chi connectivity index (χ2n) is 7.98. The van der Waals surface area contributed by atoms with Crippen LogP contribution in [-0.2, 0) is 11.2 Å². The Morgan fingerprint density at radius 3 is 2.11 bits per heavy atom. The minimum Gasteiger partial charge on any atom is -0.309 e. The molecule has 3 nitrogen and oxygen atoms in total. The average Bonchev–Trinajstić information content (AvgIpc) is 2.68. The van der Waals surface area contributed by atoms with Crippen molar-refractivity contribution in [2.24, 2.45) is 5.92 Å². The van der Waals surface area contributed by atoms with E-state index < -0.39 is 0 Å². The van der Waals surface area contributed by atoms with Gasteiger partial charge in [-0.15, -0.1) is 0 Å². The Bertz CT molecular complexity index is 719. The van der Waals surface area contributed by atoms with Crippen molar-refractivity contribution in [3.63, 3.8) is 0 Å². The van der Waals surface area contributed by atoms with E-state index in [1.165, 1.54) is 12.0 Å². The molecule has 1 aliphatic heterocycles. The summed E-state index contributed by atoms with van der Waals surface area (Å²) in [5, 5.41) is 0. The first-order chi connectivity index (χ1) is 13.3. The number of nitrogens with zero attached hydrogens (tertiary/aromatic N) is 2. The van der Waals surface area contributed by atoms with Crippen LogP contribution in [0.25, 0.3) is 0 Å². The Hall–Kier alpha value is -2.13. The zero-order valence-electron chi connectivity index (χ0n) is 16.1. The number of benzene rings is 2. The molecule has 0 spiro atoms. The van der Waals surface area contributed by atoms with Crippen LogP contribution < -0.4 is 4.90 Å². The van der Waals surface area contributed by atoms with Gasteiger partial charge >= 0.3 is 0 Å². The van der Waals surface area contributed by atoms with Gasteiger partial charge < -0.3 is 9.80 Å². The highest BCUT2D eigenvalue weighted by atomic mass is 16.2. The predicted molar refractivity (Wildman–Crippen MR) is 111 cm³/mol. The van der Waals surface area contributed by atoms with Gasteiger partial charge in [0, 0.05) is 37.3 Å². The standard InChI is InChI=1S/C24H30N2O/c27-24(21-10-7-11-21)26(22-12-5-2-6-13-22)23-15-18-25(19-16-23)17-14-20-8-3-1-4-9-20/h1-6,8-9,12-13,21,23H,7,10-11,14-19H2. The second-order valence-corrected chi connectivity index (χ2v) is 7.98. The molecule has 142 valence electrons. The van der Waals surface area contributed by atoms with Gasteiger partial charge in [-0.3, -0.25) is 4.79 Å². The fourth-order valence-corrected chi connectivity index (χ4v) is 4.29. The quantitative estimate of drug-likeness (QED) is 0.754. The molecule has 0 unspecified atom stereocenters. The van der Waals surface area contributed by atoms with Crippen molar-refractivity contribution in [1.82, 2.24) is 4.90 Å². The van der Waals surface area contributed by atoms with Crippen LogP contribution in [0, 0.1) is 5.92 Å². The smallest absolute Gasteiger partial charge is 0.230 e. The summed E-state index contributed by atoms with van der Waals surface area (Å²) in [6.07, 6.45) is 6.59. The van der Waals surface area contributed by atoms with E-state index >= 15 is 0 Å². The van der Waals surface area contributed by atoms with E-state index in [1.54, 1.807) is 0 Å². The molecule has 0 N–H and O–H groups in total. The monoisotopic (exact) mass is 362 g/mol. The third kappa shape index (κ3) is 4.41. The minimum absolute atomic E-state index is 0.251. The molecule has 1 saturated carbocycles.